The number of amidine groups is 2. The minimum Gasteiger partial charge on any atom is -0.276 e. The zero-order valence-corrected chi connectivity index (χ0v) is 21.5. The van der Waals surface area contributed by atoms with Gasteiger partial charge in [-0.15, -0.1) is 20.5 Å². The highest BCUT2D eigenvalue weighted by atomic mass is 15.3. The van der Waals surface area contributed by atoms with Gasteiger partial charge in [0.05, 0.1) is 22.7 Å². The zero-order valence-electron chi connectivity index (χ0n) is 21.5. The van der Waals surface area contributed by atoms with Crippen LogP contribution in [0.3, 0.4) is 0 Å². The highest BCUT2D eigenvalue weighted by Gasteiger charge is 2.10. The molecule has 8 heteroatoms. The van der Waals surface area contributed by atoms with Crippen molar-refractivity contribution in [2.75, 3.05) is 10.9 Å². The molecule has 5 rings (SSSR count). The van der Waals surface area contributed by atoms with Gasteiger partial charge in [0.2, 0.25) is 11.7 Å². The normalized spacial score (nSPS) is 12.1. The first-order valence-corrected chi connectivity index (χ1v) is 12.7. The van der Waals surface area contributed by atoms with E-state index in [0.717, 1.165) is 33.9 Å². The number of anilines is 2. The molecular formula is C32H26N8. The van der Waals surface area contributed by atoms with E-state index >= 15 is 0 Å². The van der Waals surface area contributed by atoms with Crippen molar-refractivity contribution in [1.29, 1.82) is 0 Å². The van der Waals surface area contributed by atoms with Crippen LogP contribution in [0.5, 0.6) is 0 Å². The molecule has 0 fully saturated rings. The number of para-hydroxylation sites is 2. The predicted molar refractivity (Wildman–Crippen MR) is 162 cm³/mol. The van der Waals surface area contributed by atoms with Crippen LogP contribution in [-0.2, 0) is 0 Å². The van der Waals surface area contributed by atoms with E-state index in [-0.39, 0.29) is 0 Å². The lowest BCUT2D eigenvalue weighted by atomic mass is 10.1. The number of hydrogen-bond donors (Lipinski definition) is 2. The molecule has 2 N–H and O–H groups in total. The second kappa shape index (κ2) is 13.7. The Balaban J connectivity index is 1.50. The van der Waals surface area contributed by atoms with Crippen molar-refractivity contribution < 1.29 is 0 Å². The molecule has 0 heterocycles. The summed E-state index contributed by atoms with van der Waals surface area (Å²) in [4.78, 5) is 0. The summed E-state index contributed by atoms with van der Waals surface area (Å²) < 4.78 is 0. The molecule has 0 unspecified atom stereocenters. The average molecular weight is 523 g/mol. The van der Waals surface area contributed by atoms with Crippen LogP contribution in [-0.4, -0.2) is 11.7 Å². The standard InChI is InChI=1S/C32H26N8/c1-5-16-27(17-6-1)33-37-31(38-34-28-18-7-2-8-19-28)25-14-13-15-26(24-25)32(39-35-29-20-9-3-10-21-29)40-36-30-22-11-4-12-23-30/h1-24,33,35H/b37-31-,38-34?,39-32+,40-36?. The van der Waals surface area contributed by atoms with Gasteiger partial charge in [0.25, 0.3) is 0 Å². The van der Waals surface area contributed by atoms with Crippen LogP contribution in [0, 0.1) is 0 Å². The fourth-order valence-electron chi connectivity index (χ4n) is 3.55. The molecule has 5 aromatic carbocycles. The molecule has 194 valence electrons. The second-order valence-corrected chi connectivity index (χ2v) is 8.48. The Morgan fingerprint density at radius 3 is 1.18 bits per heavy atom. The van der Waals surface area contributed by atoms with Crippen LogP contribution in [0.1, 0.15) is 11.1 Å². The number of hydrazone groups is 2. The Labute approximate surface area is 232 Å². The Morgan fingerprint density at radius 1 is 0.400 bits per heavy atom. The van der Waals surface area contributed by atoms with Gasteiger partial charge in [-0.3, -0.25) is 10.9 Å². The van der Waals surface area contributed by atoms with Gasteiger partial charge in [-0.2, -0.15) is 10.2 Å². The molecule has 0 aliphatic carbocycles. The Bertz CT molecular complexity index is 1500. The molecule has 5 aromatic rings. The van der Waals surface area contributed by atoms with Crippen molar-refractivity contribution >= 4 is 34.4 Å². The maximum absolute atomic E-state index is 4.56. The lowest BCUT2D eigenvalue weighted by Crippen LogP contribution is -2.05. The summed E-state index contributed by atoms with van der Waals surface area (Å²) in [5.74, 6) is 0.787. The smallest absolute Gasteiger partial charge is 0.201 e. The predicted octanol–water partition coefficient (Wildman–Crippen LogP) is 8.80. The highest BCUT2D eigenvalue weighted by molar-refractivity contribution is 6.04. The van der Waals surface area contributed by atoms with Gasteiger partial charge in [0.15, 0.2) is 0 Å². The summed E-state index contributed by atoms with van der Waals surface area (Å²) in [7, 11) is 0. The first kappa shape index (κ1) is 25.9. The number of nitrogens with zero attached hydrogens (tertiary/aromatic N) is 6. The van der Waals surface area contributed by atoms with Crippen LogP contribution in [0.15, 0.2) is 176 Å². The van der Waals surface area contributed by atoms with Crippen molar-refractivity contribution in [3.05, 3.63) is 157 Å². The first-order chi connectivity index (χ1) is 19.8. The summed E-state index contributed by atoms with van der Waals surface area (Å²) >= 11 is 0. The molecular weight excluding hydrogens is 496 g/mol. The molecule has 0 amide bonds. The number of nitrogens with one attached hydrogen (secondary N) is 2. The molecule has 40 heavy (non-hydrogen) atoms. The zero-order chi connectivity index (χ0) is 27.2. The molecule has 0 radical (unpaired) electrons. The number of azo groups is 2. The maximum Gasteiger partial charge on any atom is 0.201 e. The van der Waals surface area contributed by atoms with Crippen LogP contribution in [0.4, 0.5) is 22.7 Å². The van der Waals surface area contributed by atoms with Gasteiger partial charge in [-0.25, -0.2) is 0 Å². The third-order valence-electron chi connectivity index (χ3n) is 5.54. The Hall–Kier alpha value is -5.76. The van der Waals surface area contributed by atoms with Gasteiger partial charge < -0.3 is 0 Å². The molecule has 0 spiro atoms. The molecule has 0 bridgehead atoms. The number of rotatable bonds is 8. The van der Waals surface area contributed by atoms with E-state index in [1.54, 1.807) is 0 Å². The van der Waals surface area contributed by atoms with Gasteiger partial charge in [0.1, 0.15) is 0 Å². The monoisotopic (exact) mass is 522 g/mol. The molecule has 0 saturated heterocycles. The minimum atomic E-state index is 0.393. The third kappa shape index (κ3) is 7.62. The summed E-state index contributed by atoms with van der Waals surface area (Å²) in [6, 6.07) is 46.0. The quantitative estimate of drug-likeness (QED) is 0.0921. The molecule has 0 atom stereocenters. The van der Waals surface area contributed by atoms with E-state index in [2.05, 4.69) is 41.5 Å². The maximum atomic E-state index is 4.56. The highest BCUT2D eigenvalue weighted by Crippen LogP contribution is 2.17. The van der Waals surface area contributed by atoms with Crippen molar-refractivity contribution in [2.45, 2.75) is 0 Å². The summed E-state index contributed by atoms with van der Waals surface area (Å²) in [5.41, 5.74) is 10.7. The minimum absolute atomic E-state index is 0.393. The van der Waals surface area contributed by atoms with Gasteiger partial charge in [-0.05, 0) is 54.6 Å². The molecule has 0 aliphatic rings. The van der Waals surface area contributed by atoms with E-state index in [0.29, 0.717) is 11.7 Å². The average Bonchev–Trinajstić information content (AvgIpc) is 3.03. The van der Waals surface area contributed by atoms with Gasteiger partial charge >= 0.3 is 0 Å². The fourth-order valence-corrected chi connectivity index (χ4v) is 3.55. The Morgan fingerprint density at radius 2 is 0.775 bits per heavy atom. The van der Waals surface area contributed by atoms with Crippen LogP contribution >= 0.6 is 0 Å². The second-order valence-electron chi connectivity index (χ2n) is 8.48. The lowest BCUT2D eigenvalue weighted by Gasteiger charge is -2.07. The van der Waals surface area contributed by atoms with E-state index < -0.39 is 0 Å². The number of benzene rings is 5. The van der Waals surface area contributed by atoms with Crippen LogP contribution < -0.4 is 10.9 Å². The van der Waals surface area contributed by atoms with Crippen molar-refractivity contribution in [3.63, 3.8) is 0 Å². The van der Waals surface area contributed by atoms with Crippen molar-refractivity contribution in [2.24, 2.45) is 30.7 Å². The lowest BCUT2D eigenvalue weighted by molar-refractivity contribution is 1.21. The van der Waals surface area contributed by atoms with E-state index in [9.17, 15) is 0 Å². The SMILES string of the molecule is c1ccc(N=N/C(=N\Nc2ccccc2)c2cccc(/C(N=Nc3ccccc3)=N\Nc3ccccc3)c2)cc1. The van der Waals surface area contributed by atoms with Crippen molar-refractivity contribution in [1.82, 2.24) is 0 Å². The van der Waals surface area contributed by atoms with E-state index in [4.69, 9.17) is 0 Å². The first-order valence-electron chi connectivity index (χ1n) is 12.7. The fraction of sp³-hybridized carbons (Fsp3) is 0. The summed E-state index contributed by atoms with van der Waals surface area (Å²) in [6.45, 7) is 0. The summed E-state index contributed by atoms with van der Waals surface area (Å²) in [6.07, 6.45) is 0. The third-order valence-corrected chi connectivity index (χ3v) is 5.54. The van der Waals surface area contributed by atoms with Crippen molar-refractivity contribution in [3.8, 4) is 0 Å². The largest absolute Gasteiger partial charge is 0.276 e. The molecule has 0 aliphatic heterocycles. The van der Waals surface area contributed by atoms with E-state index in [1.165, 1.54) is 0 Å². The van der Waals surface area contributed by atoms with Gasteiger partial charge in [0, 0.05) is 11.1 Å². The molecule has 8 nitrogen and oxygen atoms in total. The topological polar surface area (TPSA) is 98.2 Å². The molecule has 0 aromatic heterocycles. The van der Waals surface area contributed by atoms with Gasteiger partial charge in [-0.1, -0.05) is 91.0 Å². The van der Waals surface area contributed by atoms with Crippen LogP contribution in [0.25, 0.3) is 0 Å². The van der Waals surface area contributed by atoms with Crippen LogP contribution in [0.2, 0.25) is 0 Å². The number of hydrogen-bond acceptors (Lipinski definition) is 6. The molecule has 0 saturated carbocycles. The van der Waals surface area contributed by atoms with E-state index in [1.807, 2.05) is 146 Å². The summed E-state index contributed by atoms with van der Waals surface area (Å²) in [5, 5.41) is 26.8. The Kier molecular flexibility index (Phi) is 8.85.